The quantitative estimate of drug-likeness (QED) is 0.760. The smallest absolute Gasteiger partial charge is 0.388 e. The van der Waals surface area contributed by atoms with E-state index in [1.807, 2.05) is 64.2 Å². The lowest BCUT2D eigenvalue weighted by molar-refractivity contribution is -0.343. The minimum absolute atomic E-state index is 0.553. The van der Waals surface area contributed by atoms with E-state index < -0.39 is 7.40 Å². The Kier molecular flexibility index (Phi) is 4.85. The van der Waals surface area contributed by atoms with Gasteiger partial charge < -0.3 is 10.3 Å². The van der Waals surface area contributed by atoms with Crippen LogP contribution in [0, 0.1) is 13.8 Å². The maximum absolute atomic E-state index is 13.8. The number of nitrogens with one attached hydrogen (secondary N) is 2. The molecule has 0 amide bonds. The van der Waals surface area contributed by atoms with Crippen molar-refractivity contribution < 1.29 is 13.1 Å². The molecule has 1 aliphatic heterocycles. The van der Waals surface area contributed by atoms with E-state index in [9.17, 15) is 8.63 Å². The Bertz CT molecular complexity index is 934. The van der Waals surface area contributed by atoms with Crippen molar-refractivity contribution in [2.75, 3.05) is 12.4 Å². The molecule has 0 fully saturated rings. The first-order valence-corrected chi connectivity index (χ1v) is 8.62. The predicted octanol–water partition coefficient (Wildman–Crippen LogP) is 4.79. The predicted molar refractivity (Wildman–Crippen MR) is 105 cm³/mol. The van der Waals surface area contributed by atoms with Crippen molar-refractivity contribution >= 4 is 24.4 Å². The van der Waals surface area contributed by atoms with Crippen LogP contribution < -0.4 is 5.32 Å². The summed E-state index contributed by atoms with van der Waals surface area (Å²) in [4.78, 5) is 3.36. The molecule has 0 atom stereocenters. The molecule has 2 N–H and O–H groups in total. The largest absolute Gasteiger partial charge is 0.934 e. The Morgan fingerprint density at radius 2 is 1.73 bits per heavy atom. The number of aryl methyl sites for hydroxylation is 2. The monoisotopic (exact) mass is 354 g/mol. The number of H-pyrrole nitrogens is 1. The summed E-state index contributed by atoms with van der Waals surface area (Å²) in [5.74, 6) is 0. The first kappa shape index (κ1) is 18.2. The van der Waals surface area contributed by atoms with Crippen molar-refractivity contribution in [3.05, 3.63) is 70.2 Å². The summed E-state index contributed by atoms with van der Waals surface area (Å²) >= 11 is 0. The van der Waals surface area contributed by atoms with Gasteiger partial charge in [0.15, 0.2) is 11.4 Å². The molecule has 26 heavy (non-hydrogen) atoms. The van der Waals surface area contributed by atoms with Gasteiger partial charge in [0.2, 0.25) is 0 Å². The van der Waals surface area contributed by atoms with Crippen molar-refractivity contribution in [2.24, 2.45) is 0 Å². The molecular weight excluding hydrogens is 331 g/mol. The lowest BCUT2D eigenvalue weighted by Gasteiger charge is -2.13. The number of rotatable bonds is 4. The molecule has 0 aliphatic carbocycles. The lowest BCUT2D eigenvalue weighted by Crippen LogP contribution is -2.25. The molecule has 1 aromatic heterocycles. The maximum atomic E-state index is 13.8. The van der Waals surface area contributed by atoms with E-state index >= 15 is 0 Å². The topological polar surface area (TPSA) is 30.8 Å². The van der Waals surface area contributed by atoms with Gasteiger partial charge in [-0.1, -0.05) is 12.1 Å². The number of halogens is 2. The highest BCUT2D eigenvalue weighted by molar-refractivity contribution is 6.35. The average molecular weight is 354 g/mol. The molecule has 0 unspecified atom stereocenters. The summed E-state index contributed by atoms with van der Waals surface area (Å²) in [5, 5.41) is 3.09. The van der Waals surface area contributed by atoms with Gasteiger partial charge in [-0.2, -0.15) is 0 Å². The zero-order chi connectivity index (χ0) is 19.0. The molecule has 0 spiro atoms. The zero-order valence-corrected chi connectivity index (χ0v) is 15.7. The van der Waals surface area contributed by atoms with Gasteiger partial charge in [0.1, 0.15) is 0 Å². The first-order chi connectivity index (χ1) is 12.3. The molecule has 0 bridgehead atoms. The highest BCUT2D eigenvalue weighted by Gasteiger charge is 2.44. The van der Waals surface area contributed by atoms with Crippen molar-refractivity contribution in [3.8, 4) is 0 Å². The van der Waals surface area contributed by atoms with Gasteiger partial charge in [-0.15, -0.1) is 0 Å². The van der Waals surface area contributed by atoms with Crippen molar-refractivity contribution in [1.82, 2.24) is 4.98 Å². The molecule has 3 nitrogen and oxygen atoms in total. The third-order valence-electron chi connectivity index (χ3n) is 4.71. The molecule has 6 heteroatoms. The van der Waals surface area contributed by atoms with Crippen molar-refractivity contribution in [3.63, 3.8) is 0 Å². The van der Waals surface area contributed by atoms with Crippen LogP contribution in [-0.2, 0) is 0 Å². The second kappa shape index (κ2) is 6.94. The highest BCUT2D eigenvalue weighted by Crippen LogP contribution is 2.35. The summed E-state index contributed by atoms with van der Waals surface area (Å²) in [6.07, 6.45) is 1.81. The standard InChI is InChI=1S/C20H22BF2N3/c1-12-10-14(3)25-19(12)18(16-6-8-17(24-5)9-7-16)20-13(2)11-15(4)26(20)21(22)23/h6-11H,1-5H3,(H,24,25)/p+1. The van der Waals surface area contributed by atoms with E-state index in [1.165, 1.54) is 0 Å². The number of aromatic nitrogens is 1. The molecule has 2 heterocycles. The summed E-state index contributed by atoms with van der Waals surface area (Å²) in [5.41, 5.74) is 7.54. The van der Waals surface area contributed by atoms with Gasteiger partial charge >= 0.3 is 7.40 Å². The molecule has 0 saturated carbocycles. The molecular formula is C20H23BF2N3+. The molecule has 1 aromatic carbocycles. The Labute approximate surface area is 153 Å². The molecule has 0 saturated heterocycles. The van der Waals surface area contributed by atoms with E-state index in [-0.39, 0.29) is 0 Å². The van der Waals surface area contributed by atoms with E-state index in [0.717, 1.165) is 43.8 Å². The molecule has 134 valence electrons. The minimum atomic E-state index is -2.60. The Morgan fingerprint density at radius 3 is 2.23 bits per heavy atom. The second-order valence-corrected chi connectivity index (χ2v) is 6.68. The number of hydrogen-bond acceptors (Lipinski definition) is 1. The van der Waals surface area contributed by atoms with E-state index in [4.69, 9.17) is 0 Å². The van der Waals surface area contributed by atoms with Gasteiger partial charge in [-0.05, 0) is 50.1 Å². The minimum Gasteiger partial charge on any atom is -0.388 e. The summed E-state index contributed by atoms with van der Waals surface area (Å²) < 4.78 is 28.8. The number of nitrogens with zero attached hydrogens (tertiary/aromatic N) is 1. The van der Waals surface area contributed by atoms with Gasteiger partial charge in [0, 0.05) is 37.0 Å². The second-order valence-electron chi connectivity index (χ2n) is 6.68. The number of aromatic amines is 1. The van der Waals surface area contributed by atoms with Gasteiger partial charge in [0.05, 0.1) is 11.3 Å². The van der Waals surface area contributed by atoms with Gasteiger partial charge in [-0.25, -0.2) is 13.1 Å². The number of benzene rings is 1. The van der Waals surface area contributed by atoms with Crippen LogP contribution in [0.3, 0.4) is 0 Å². The summed E-state index contributed by atoms with van der Waals surface area (Å²) in [6.45, 7) is 7.58. The Balaban J connectivity index is 2.34. The van der Waals surface area contributed by atoms with Crippen LogP contribution in [0.4, 0.5) is 14.3 Å². The van der Waals surface area contributed by atoms with Crippen LogP contribution >= 0.6 is 0 Å². The summed E-state index contributed by atoms with van der Waals surface area (Å²) in [7, 11) is -0.741. The van der Waals surface area contributed by atoms with Crippen LogP contribution in [0.25, 0.3) is 5.57 Å². The number of allylic oxidation sites excluding steroid dienone is 2. The molecule has 1 aliphatic rings. The normalized spacial score (nSPS) is 16.0. The van der Waals surface area contributed by atoms with Crippen LogP contribution in [0.1, 0.15) is 36.4 Å². The lowest BCUT2D eigenvalue weighted by atomic mass is 9.94. The van der Waals surface area contributed by atoms with E-state index in [0.29, 0.717) is 11.4 Å². The molecule has 3 rings (SSSR count). The maximum Gasteiger partial charge on any atom is 0.934 e. The van der Waals surface area contributed by atoms with Crippen molar-refractivity contribution in [1.29, 1.82) is 0 Å². The van der Waals surface area contributed by atoms with Crippen LogP contribution in [0.2, 0.25) is 0 Å². The van der Waals surface area contributed by atoms with Crippen LogP contribution in [0.5, 0.6) is 0 Å². The molecule has 2 aromatic rings. The third kappa shape index (κ3) is 3.11. The fourth-order valence-corrected chi connectivity index (χ4v) is 3.58. The van der Waals surface area contributed by atoms with E-state index in [2.05, 4.69) is 10.3 Å². The zero-order valence-electron chi connectivity index (χ0n) is 15.7. The average Bonchev–Trinajstić information content (AvgIpc) is 3.07. The third-order valence-corrected chi connectivity index (χ3v) is 4.71. The van der Waals surface area contributed by atoms with Gasteiger partial charge in [0.25, 0.3) is 0 Å². The van der Waals surface area contributed by atoms with Gasteiger partial charge in [-0.3, -0.25) is 0 Å². The van der Waals surface area contributed by atoms with E-state index in [1.54, 1.807) is 6.92 Å². The summed E-state index contributed by atoms with van der Waals surface area (Å²) in [6, 6.07) is 9.88. The van der Waals surface area contributed by atoms with Crippen molar-refractivity contribution in [2.45, 2.75) is 27.7 Å². The fourth-order valence-electron chi connectivity index (χ4n) is 3.58. The fraction of sp³-hybridized carbons (Fsp3) is 0.250. The number of hydrogen-bond donors (Lipinski definition) is 2. The Morgan fingerprint density at radius 1 is 1.08 bits per heavy atom. The molecule has 0 radical (unpaired) electrons. The number of anilines is 1. The van der Waals surface area contributed by atoms with Crippen LogP contribution in [0.15, 0.2) is 47.7 Å². The first-order valence-electron chi connectivity index (χ1n) is 8.62. The highest BCUT2D eigenvalue weighted by atomic mass is 19.2. The van der Waals surface area contributed by atoms with Crippen LogP contribution in [-0.4, -0.2) is 29.6 Å². The Hall–Kier alpha value is -2.63. The SMILES string of the molecule is CNc1ccc(/C(=C2\C(C)=CC(C)=[N+]2B(F)F)c2[nH]c(C)cc2C)cc1.